The van der Waals surface area contributed by atoms with E-state index in [0.29, 0.717) is 12.6 Å². The second-order valence-electron chi connectivity index (χ2n) is 4.17. The van der Waals surface area contributed by atoms with Gasteiger partial charge >= 0.3 is 0 Å². The van der Waals surface area contributed by atoms with E-state index in [-0.39, 0.29) is 0 Å². The van der Waals surface area contributed by atoms with Crippen molar-refractivity contribution in [2.75, 3.05) is 13.2 Å². The zero-order valence-electron chi connectivity index (χ0n) is 9.02. The number of benzene rings is 1. The maximum atomic E-state index is 5.71. The minimum Gasteiger partial charge on any atom is -0.489 e. The third-order valence-electron chi connectivity index (χ3n) is 2.92. The van der Waals surface area contributed by atoms with Crippen LogP contribution in [0.2, 0.25) is 0 Å². The number of para-hydroxylation sites is 1. The Hall–Kier alpha value is -1.77. The summed E-state index contributed by atoms with van der Waals surface area (Å²) in [7, 11) is 0. The van der Waals surface area contributed by atoms with Gasteiger partial charge in [0.25, 0.3) is 0 Å². The van der Waals surface area contributed by atoms with Gasteiger partial charge in [-0.3, -0.25) is 4.99 Å². The van der Waals surface area contributed by atoms with Gasteiger partial charge in [0.15, 0.2) is 0 Å². The number of hydrogen-bond donors (Lipinski definition) is 1. The van der Waals surface area contributed by atoms with Gasteiger partial charge in [0.1, 0.15) is 12.4 Å². The second kappa shape index (κ2) is 4.00. The van der Waals surface area contributed by atoms with Crippen LogP contribution in [0, 0.1) is 0 Å². The molecule has 0 aliphatic carbocycles. The first kappa shape index (κ1) is 9.46. The summed E-state index contributed by atoms with van der Waals surface area (Å²) < 4.78 is 5.71. The number of aliphatic imine (C=N–C) groups is 1. The van der Waals surface area contributed by atoms with E-state index in [1.54, 1.807) is 6.34 Å². The van der Waals surface area contributed by atoms with Crippen LogP contribution in [-0.4, -0.2) is 25.5 Å². The SMILES string of the molecule is C1=NC(CC2=Cc3ccccc3OC2)CN1. The van der Waals surface area contributed by atoms with Gasteiger partial charge in [0, 0.05) is 12.1 Å². The molecule has 1 N–H and O–H groups in total. The lowest BCUT2D eigenvalue weighted by atomic mass is 10.0. The molecule has 0 radical (unpaired) electrons. The van der Waals surface area contributed by atoms with E-state index in [4.69, 9.17) is 4.74 Å². The normalized spacial score (nSPS) is 22.0. The Morgan fingerprint density at radius 1 is 1.38 bits per heavy atom. The molecule has 0 bridgehead atoms. The molecule has 2 aliphatic rings. The Kier molecular flexibility index (Phi) is 2.37. The first-order valence-corrected chi connectivity index (χ1v) is 5.58. The standard InChI is InChI=1S/C13H14N2O/c1-2-4-13-11(3-1)5-10(8-16-13)6-12-7-14-9-15-12/h1-5,9,12H,6-8H2,(H,14,15). The van der Waals surface area contributed by atoms with Gasteiger partial charge in [0.2, 0.25) is 0 Å². The monoisotopic (exact) mass is 214 g/mol. The van der Waals surface area contributed by atoms with Crippen molar-refractivity contribution in [1.82, 2.24) is 5.32 Å². The van der Waals surface area contributed by atoms with Crippen molar-refractivity contribution in [3.63, 3.8) is 0 Å². The van der Waals surface area contributed by atoms with Gasteiger partial charge in [-0.05, 0) is 24.1 Å². The molecule has 2 heterocycles. The van der Waals surface area contributed by atoms with Crippen LogP contribution in [0.25, 0.3) is 6.08 Å². The molecule has 0 amide bonds. The first-order valence-electron chi connectivity index (χ1n) is 5.58. The number of fused-ring (bicyclic) bond motifs is 1. The molecule has 16 heavy (non-hydrogen) atoms. The van der Waals surface area contributed by atoms with Crippen molar-refractivity contribution < 1.29 is 4.74 Å². The Labute approximate surface area is 94.8 Å². The summed E-state index contributed by atoms with van der Waals surface area (Å²) in [5, 5.41) is 3.12. The molecule has 0 fully saturated rings. The van der Waals surface area contributed by atoms with Crippen molar-refractivity contribution in [2.45, 2.75) is 12.5 Å². The lowest BCUT2D eigenvalue weighted by Gasteiger charge is -2.19. The fraction of sp³-hybridized carbons (Fsp3) is 0.308. The third-order valence-corrected chi connectivity index (χ3v) is 2.92. The van der Waals surface area contributed by atoms with E-state index in [0.717, 1.165) is 18.7 Å². The molecular formula is C13H14N2O. The zero-order valence-corrected chi connectivity index (χ0v) is 9.02. The average Bonchev–Trinajstić information content (AvgIpc) is 2.82. The molecule has 3 rings (SSSR count). The van der Waals surface area contributed by atoms with E-state index in [9.17, 15) is 0 Å². The fourth-order valence-electron chi connectivity index (χ4n) is 2.11. The van der Waals surface area contributed by atoms with Gasteiger partial charge in [-0.2, -0.15) is 0 Å². The van der Waals surface area contributed by atoms with E-state index in [2.05, 4.69) is 22.5 Å². The molecule has 0 saturated heterocycles. The van der Waals surface area contributed by atoms with Crippen LogP contribution in [0.1, 0.15) is 12.0 Å². The summed E-state index contributed by atoms with van der Waals surface area (Å²) in [6, 6.07) is 8.52. The highest BCUT2D eigenvalue weighted by molar-refractivity contribution is 5.62. The molecular weight excluding hydrogens is 200 g/mol. The quantitative estimate of drug-likeness (QED) is 0.815. The number of hydrogen-bond acceptors (Lipinski definition) is 3. The van der Waals surface area contributed by atoms with E-state index in [1.807, 2.05) is 18.2 Å². The highest BCUT2D eigenvalue weighted by atomic mass is 16.5. The van der Waals surface area contributed by atoms with Crippen molar-refractivity contribution in [3.05, 3.63) is 35.4 Å². The van der Waals surface area contributed by atoms with Crippen LogP contribution in [0.5, 0.6) is 5.75 Å². The smallest absolute Gasteiger partial charge is 0.127 e. The minimum atomic E-state index is 0.375. The number of ether oxygens (including phenoxy) is 1. The summed E-state index contributed by atoms with van der Waals surface area (Å²) in [6.45, 7) is 1.64. The molecule has 2 aliphatic heterocycles. The molecule has 0 aromatic heterocycles. The molecule has 82 valence electrons. The lowest BCUT2D eigenvalue weighted by molar-refractivity contribution is 0.340. The maximum absolute atomic E-state index is 5.71. The van der Waals surface area contributed by atoms with Gasteiger partial charge in [0.05, 0.1) is 12.4 Å². The minimum absolute atomic E-state index is 0.375. The molecule has 0 spiro atoms. The molecule has 1 atom stereocenters. The largest absolute Gasteiger partial charge is 0.489 e. The Morgan fingerprint density at radius 3 is 3.19 bits per heavy atom. The van der Waals surface area contributed by atoms with E-state index >= 15 is 0 Å². The van der Waals surface area contributed by atoms with Crippen molar-refractivity contribution in [1.29, 1.82) is 0 Å². The van der Waals surface area contributed by atoms with Crippen LogP contribution in [-0.2, 0) is 0 Å². The van der Waals surface area contributed by atoms with Gasteiger partial charge in [-0.1, -0.05) is 18.2 Å². The number of nitrogens with zero attached hydrogens (tertiary/aromatic N) is 1. The molecule has 1 aromatic carbocycles. The van der Waals surface area contributed by atoms with Gasteiger partial charge in [-0.15, -0.1) is 0 Å². The molecule has 0 saturated carbocycles. The predicted octanol–water partition coefficient (Wildman–Crippen LogP) is 1.85. The van der Waals surface area contributed by atoms with Crippen molar-refractivity contribution in [3.8, 4) is 5.75 Å². The van der Waals surface area contributed by atoms with Crippen LogP contribution in [0.15, 0.2) is 34.8 Å². The van der Waals surface area contributed by atoms with Crippen LogP contribution >= 0.6 is 0 Å². The Balaban J connectivity index is 1.78. The summed E-state index contributed by atoms with van der Waals surface area (Å²) in [5.74, 6) is 0.985. The summed E-state index contributed by atoms with van der Waals surface area (Å²) in [4.78, 5) is 4.35. The average molecular weight is 214 g/mol. The number of nitrogens with one attached hydrogen (secondary N) is 1. The molecule has 1 unspecified atom stereocenters. The first-order chi connectivity index (χ1) is 7.92. The highest BCUT2D eigenvalue weighted by Gasteiger charge is 2.16. The van der Waals surface area contributed by atoms with Crippen LogP contribution < -0.4 is 10.1 Å². The third kappa shape index (κ3) is 1.81. The fourth-order valence-corrected chi connectivity index (χ4v) is 2.11. The highest BCUT2D eigenvalue weighted by Crippen LogP contribution is 2.27. The predicted molar refractivity (Wildman–Crippen MR) is 64.8 cm³/mol. The molecule has 1 aromatic rings. The maximum Gasteiger partial charge on any atom is 0.127 e. The van der Waals surface area contributed by atoms with Gasteiger partial charge < -0.3 is 10.1 Å². The molecule has 3 nitrogen and oxygen atoms in total. The van der Waals surface area contributed by atoms with Crippen molar-refractivity contribution in [2.24, 2.45) is 4.99 Å². The lowest BCUT2D eigenvalue weighted by Crippen LogP contribution is -2.18. The van der Waals surface area contributed by atoms with Crippen molar-refractivity contribution >= 4 is 12.4 Å². The summed E-state index contributed by atoms with van der Waals surface area (Å²) in [5.41, 5.74) is 2.50. The Bertz CT molecular complexity index is 451. The van der Waals surface area contributed by atoms with E-state index < -0.39 is 0 Å². The van der Waals surface area contributed by atoms with E-state index in [1.165, 1.54) is 11.1 Å². The summed E-state index contributed by atoms with van der Waals surface area (Å²) in [6.07, 6.45) is 5.01. The van der Waals surface area contributed by atoms with Crippen LogP contribution in [0.4, 0.5) is 0 Å². The van der Waals surface area contributed by atoms with Gasteiger partial charge in [-0.25, -0.2) is 0 Å². The van der Waals surface area contributed by atoms with Crippen LogP contribution in [0.3, 0.4) is 0 Å². The Morgan fingerprint density at radius 2 is 2.31 bits per heavy atom. The topological polar surface area (TPSA) is 33.6 Å². The molecule has 3 heteroatoms. The zero-order chi connectivity index (χ0) is 10.8. The summed E-state index contributed by atoms with van der Waals surface area (Å²) >= 11 is 0. The second-order valence-corrected chi connectivity index (χ2v) is 4.17. The number of rotatable bonds is 2.